The van der Waals surface area contributed by atoms with Gasteiger partial charge in [0.05, 0.1) is 0 Å². The van der Waals surface area contributed by atoms with E-state index >= 15 is 0 Å². The molecule has 0 aliphatic rings. The molecular weight excluding hydrogens is 168 g/mol. The Morgan fingerprint density at radius 2 is 2.25 bits per heavy atom. The first-order valence-corrected chi connectivity index (χ1v) is 4.78. The highest BCUT2D eigenvalue weighted by molar-refractivity contribution is 7.80. The first-order chi connectivity index (χ1) is 5.72. The van der Waals surface area contributed by atoms with E-state index in [-0.39, 0.29) is 0 Å². The van der Waals surface area contributed by atoms with E-state index < -0.39 is 0 Å². The average Bonchev–Trinajstić information content (AvgIpc) is 2.03. The number of nitrogens with zero attached hydrogens (tertiary/aromatic N) is 1. The molecule has 0 atom stereocenters. The standard InChI is InChI=1S/C9H18N2S/c1-3-5-6-8-11(7-4-2)9(10)12/h4H,2-3,5-8H2,1H3,(H2,10,12). The number of thiocarbonyl (C=S) groups is 1. The molecule has 0 rings (SSSR count). The van der Waals surface area contributed by atoms with Gasteiger partial charge in [-0.25, -0.2) is 0 Å². The molecule has 0 spiro atoms. The summed E-state index contributed by atoms with van der Waals surface area (Å²) in [6.45, 7) is 7.55. The number of rotatable bonds is 6. The highest BCUT2D eigenvalue weighted by Gasteiger charge is 2.01. The molecule has 0 unspecified atom stereocenters. The van der Waals surface area contributed by atoms with E-state index in [1.807, 2.05) is 11.0 Å². The molecule has 0 aromatic rings. The molecule has 0 fully saturated rings. The van der Waals surface area contributed by atoms with Crippen LogP contribution in [0.4, 0.5) is 0 Å². The van der Waals surface area contributed by atoms with E-state index in [0.717, 1.165) is 19.5 Å². The molecule has 0 amide bonds. The van der Waals surface area contributed by atoms with Gasteiger partial charge in [-0.2, -0.15) is 0 Å². The van der Waals surface area contributed by atoms with Gasteiger partial charge in [-0.3, -0.25) is 0 Å². The maximum Gasteiger partial charge on any atom is 0.166 e. The van der Waals surface area contributed by atoms with Crippen molar-refractivity contribution in [3.63, 3.8) is 0 Å². The van der Waals surface area contributed by atoms with Crippen molar-refractivity contribution in [2.24, 2.45) is 5.73 Å². The van der Waals surface area contributed by atoms with Gasteiger partial charge in [0.2, 0.25) is 0 Å². The number of nitrogens with two attached hydrogens (primary N) is 1. The highest BCUT2D eigenvalue weighted by Crippen LogP contribution is 1.98. The molecule has 2 nitrogen and oxygen atoms in total. The maximum absolute atomic E-state index is 5.51. The Morgan fingerprint density at radius 3 is 2.67 bits per heavy atom. The number of unbranched alkanes of at least 4 members (excludes halogenated alkanes) is 2. The van der Waals surface area contributed by atoms with E-state index in [4.69, 9.17) is 18.0 Å². The summed E-state index contributed by atoms with van der Waals surface area (Å²) in [5.41, 5.74) is 5.51. The Morgan fingerprint density at radius 1 is 1.58 bits per heavy atom. The number of hydrogen-bond acceptors (Lipinski definition) is 1. The van der Waals surface area contributed by atoms with Gasteiger partial charge in [-0.05, 0) is 18.6 Å². The van der Waals surface area contributed by atoms with Crippen molar-refractivity contribution in [3.05, 3.63) is 12.7 Å². The summed E-state index contributed by atoms with van der Waals surface area (Å²) < 4.78 is 0. The Hall–Kier alpha value is -0.570. The summed E-state index contributed by atoms with van der Waals surface area (Å²) in [5.74, 6) is 0. The van der Waals surface area contributed by atoms with Crippen molar-refractivity contribution in [1.82, 2.24) is 4.90 Å². The molecule has 0 saturated carbocycles. The topological polar surface area (TPSA) is 29.3 Å². The first kappa shape index (κ1) is 11.4. The molecule has 0 radical (unpaired) electrons. The van der Waals surface area contributed by atoms with Crippen molar-refractivity contribution >= 4 is 17.3 Å². The normalized spacial score (nSPS) is 9.42. The fraction of sp³-hybridized carbons (Fsp3) is 0.667. The average molecular weight is 186 g/mol. The van der Waals surface area contributed by atoms with Crippen LogP contribution < -0.4 is 5.73 Å². The van der Waals surface area contributed by atoms with Gasteiger partial charge in [-0.1, -0.05) is 25.8 Å². The van der Waals surface area contributed by atoms with Crippen molar-refractivity contribution in [2.75, 3.05) is 13.1 Å². The summed E-state index contributed by atoms with van der Waals surface area (Å²) in [7, 11) is 0. The van der Waals surface area contributed by atoms with Crippen molar-refractivity contribution in [3.8, 4) is 0 Å². The summed E-state index contributed by atoms with van der Waals surface area (Å²) in [6, 6.07) is 0. The minimum absolute atomic E-state index is 0.478. The number of hydrogen-bond donors (Lipinski definition) is 1. The van der Waals surface area contributed by atoms with Crippen LogP contribution in [0.3, 0.4) is 0 Å². The third kappa shape index (κ3) is 5.13. The van der Waals surface area contributed by atoms with Crippen molar-refractivity contribution in [2.45, 2.75) is 26.2 Å². The molecule has 0 aromatic heterocycles. The highest BCUT2D eigenvalue weighted by atomic mass is 32.1. The summed E-state index contributed by atoms with van der Waals surface area (Å²) in [5, 5.41) is 0.478. The molecule has 0 bridgehead atoms. The van der Waals surface area contributed by atoms with Gasteiger partial charge >= 0.3 is 0 Å². The SMILES string of the molecule is C=CCN(CCCCC)C(N)=S. The van der Waals surface area contributed by atoms with Gasteiger partial charge in [0.15, 0.2) is 5.11 Å². The molecule has 2 N–H and O–H groups in total. The Balaban J connectivity index is 3.63. The van der Waals surface area contributed by atoms with Crippen LogP contribution in [0.5, 0.6) is 0 Å². The third-order valence-electron chi connectivity index (χ3n) is 1.69. The van der Waals surface area contributed by atoms with Crippen LogP contribution in [0.1, 0.15) is 26.2 Å². The fourth-order valence-corrected chi connectivity index (χ4v) is 1.17. The Labute approximate surface area is 80.4 Å². The second-order valence-electron chi connectivity index (χ2n) is 2.78. The molecule has 0 saturated heterocycles. The van der Waals surface area contributed by atoms with Gasteiger partial charge in [0, 0.05) is 13.1 Å². The molecule has 3 heteroatoms. The lowest BCUT2D eigenvalue weighted by molar-refractivity contribution is 0.443. The summed E-state index contributed by atoms with van der Waals surface area (Å²) in [4.78, 5) is 1.97. The predicted octanol–water partition coefficient (Wildman–Crippen LogP) is 1.91. The summed E-state index contributed by atoms with van der Waals surface area (Å²) >= 11 is 4.89. The Bertz CT molecular complexity index is 145. The van der Waals surface area contributed by atoms with Gasteiger partial charge < -0.3 is 10.6 Å². The van der Waals surface area contributed by atoms with E-state index in [1.54, 1.807) is 0 Å². The quantitative estimate of drug-likeness (QED) is 0.390. The fourth-order valence-electron chi connectivity index (χ4n) is 1.000. The molecule has 0 aliphatic heterocycles. The van der Waals surface area contributed by atoms with Crippen LogP contribution in [-0.4, -0.2) is 23.1 Å². The van der Waals surface area contributed by atoms with Crippen LogP contribution in [0, 0.1) is 0 Å². The van der Waals surface area contributed by atoms with Crippen LogP contribution >= 0.6 is 12.2 Å². The Kier molecular flexibility index (Phi) is 6.76. The second-order valence-corrected chi connectivity index (χ2v) is 3.20. The molecule has 0 aliphatic carbocycles. The van der Waals surface area contributed by atoms with Crippen molar-refractivity contribution < 1.29 is 0 Å². The van der Waals surface area contributed by atoms with Crippen LogP contribution in [0.25, 0.3) is 0 Å². The smallest absolute Gasteiger partial charge is 0.166 e. The van der Waals surface area contributed by atoms with E-state index in [0.29, 0.717) is 5.11 Å². The molecule has 12 heavy (non-hydrogen) atoms. The predicted molar refractivity (Wildman–Crippen MR) is 58.1 cm³/mol. The zero-order valence-corrected chi connectivity index (χ0v) is 8.57. The third-order valence-corrected chi connectivity index (χ3v) is 1.95. The van der Waals surface area contributed by atoms with Crippen LogP contribution in [-0.2, 0) is 0 Å². The van der Waals surface area contributed by atoms with Crippen LogP contribution in [0.15, 0.2) is 12.7 Å². The van der Waals surface area contributed by atoms with Gasteiger partial charge in [0.25, 0.3) is 0 Å². The molecule has 0 aromatic carbocycles. The lowest BCUT2D eigenvalue weighted by Gasteiger charge is -2.20. The lowest BCUT2D eigenvalue weighted by atomic mass is 10.2. The first-order valence-electron chi connectivity index (χ1n) is 4.37. The monoisotopic (exact) mass is 186 g/mol. The minimum atomic E-state index is 0.478. The van der Waals surface area contributed by atoms with Crippen molar-refractivity contribution in [1.29, 1.82) is 0 Å². The van der Waals surface area contributed by atoms with E-state index in [2.05, 4.69) is 13.5 Å². The minimum Gasteiger partial charge on any atom is -0.376 e. The van der Waals surface area contributed by atoms with Gasteiger partial charge in [-0.15, -0.1) is 6.58 Å². The maximum atomic E-state index is 5.51. The molecular formula is C9H18N2S. The lowest BCUT2D eigenvalue weighted by Crippen LogP contribution is -2.36. The van der Waals surface area contributed by atoms with Gasteiger partial charge in [0.1, 0.15) is 0 Å². The molecule has 70 valence electrons. The largest absolute Gasteiger partial charge is 0.376 e. The molecule has 0 heterocycles. The second kappa shape index (κ2) is 7.10. The van der Waals surface area contributed by atoms with E-state index in [9.17, 15) is 0 Å². The van der Waals surface area contributed by atoms with E-state index in [1.165, 1.54) is 12.8 Å². The van der Waals surface area contributed by atoms with Crippen LogP contribution in [0.2, 0.25) is 0 Å². The zero-order valence-electron chi connectivity index (χ0n) is 7.75. The summed E-state index contributed by atoms with van der Waals surface area (Å²) in [6.07, 6.45) is 5.43. The zero-order chi connectivity index (χ0) is 9.40.